The van der Waals surface area contributed by atoms with Crippen LogP contribution >= 0.6 is 0 Å². The topological polar surface area (TPSA) is 130 Å². The van der Waals surface area contributed by atoms with Crippen molar-refractivity contribution < 1.29 is 14.9 Å². The molecular weight excluding hydrogens is 238 g/mol. The van der Waals surface area contributed by atoms with Crippen LogP contribution in [0.4, 0.5) is 5.82 Å². The second kappa shape index (κ2) is 4.16. The average molecular weight is 251 g/mol. The molecule has 0 amide bonds. The first-order valence-electron chi connectivity index (χ1n) is 5.59. The summed E-state index contributed by atoms with van der Waals surface area (Å²) < 4.78 is 5.54. The summed E-state index contributed by atoms with van der Waals surface area (Å²) in [5.41, 5.74) is 7.40. The molecule has 5 N–H and O–H groups in total. The number of aliphatic hydroxyl groups excluding tert-OH is 2. The van der Waals surface area contributed by atoms with Crippen molar-refractivity contribution in [2.24, 2.45) is 0 Å². The Morgan fingerprint density at radius 2 is 2.28 bits per heavy atom. The maximum atomic E-state index is 9.71. The molecule has 0 spiro atoms. The van der Waals surface area contributed by atoms with Gasteiger partial charge in [-0.05, 0) is 0 Å². The van der Waals surface area contributed by atoms with Gasteiger partial charge in [0.05, 0.1) is 18.4 Å². The highest BCUT2D eigenvalue weighted by molar-refractivity contribution is 5.85. The lowest BCUT2D eigenvalue weighted by atomic mass is 10.1. The van der Waals surface area contributed by atoms with Crippen LogP contribution in [0.15, 0.2) is 6.33 Å². The van der Waals surface area contributed by atoms with E-state index in [1.807, 2.05) is 0 Å². The van der Waals surface area contributed by atoms with Gasteiger partial charge in [-0.15, -0.1) is 0 Å². The number of fused-ring (bicyclic) bond motifs is 1. The number of rotatable bonds is 2. The summed E-state index contributed by atoms with van der Waals surface area (Å²) in [5.74, 6) is 0.291. The van der Waals surface area contributed by atoms with Gasteiger partial charge in [-0.1, -0.05) is 0 Å². The van der Waals surface area contributed by atoms with Crippen molar-refractivity contribution >= 4 is 16.9 Å². The number of aliphatic hydroxyl groups is 2. The number of nitrogens with one attached hydrogen (secondary N) is 1. The Labute approximate surface area is 102 Å². The molecule has 0 aromatic carbocycles. The van der Waals surface area contributed by atoms with E-state index < -0.39 is 12.2 Å². The number of nitrogens with two attached hydrogens (primary N) is 1. The van der Waals surface area contributed by atoms with Gasteiger partial charge >= 0.3 is 0 Å². The molecule has 3 heterocycles. The number of anilines is 1. The summed E-state index contributed by atoms with van der Waals surface area (Å²) in [4.78, 5) is 7.96. The van der Waals surface area contributed by atoms with Crippen LogP contribution in [0.5, 0.6) is 0 Å². The molecule has 96 valence electrons. The zero-order valence-electron chi connectivity index (χ0n) is 9.45. The molecule has 1 aliphatic heterocycles. The van der Waals surface area contributed by atoms with Crippen molar-refractivity contribution in [3.05, 3.63) is 12.0 Å². The van der Waals surface area contributed by atoms with Crippen LogP contribution in [0.1, 0.15) is 18.2 Å². The third-order valence-corrected chi connectivity index (χ3v) is 3.12. The molecule has 3 atom stereocenters. The Kier molecular flexibility index (Phi) is 2.62. The van der Waals surface area contributed by atoms with Crippen molar-refractivity contribution in [1.82, 2.24) is 20.2 Å². The number of hydrogen-bond acceptors (Lipinski definition) is 7. The van der Waals surface area contributed by atoms with Gasteiger partial charge in [0.25, 0.3) is 0 Å². The lowest BCUT2D eigenvalue weighted by molar-refractivity contribution is -0.0232. The number of nitrogens with zero attached hydrogens (tertiary/aromatic N) is 3. The lowest BCUT2D eigenvalue weighted by Crippen LogP contribution is -2.24. The lowest BCUT2D eigenvalue weighted by Gasteiger charge is -2.10. The van der Waals surface area contributed by atoms with Crippen LogP contribution in [0.25, 0.3) is 11.0 Å². The third kappa shape index (κ3) is 1.62. The maximum absolute atomic E-state index is 9.71. The quantitative estimate of drug-likeness (QED) is 0.545. The minimum absolute atomic E-state index is 0.221. The van der Waals surface area contributed by atoms with Gasteiger partial charge in [0.2, 0.25) is 0 Å². The van der Waals surface area contributed by atoms with E-state index in [-0.39, 0.29) is 12.7 Å². The van der Waals surface area contributed by atoms with Crippen LogP contribution in [0, 0.1) is 0 Å². The normalized spacial score (nSPS) is 28.0. The van der Waals surface area contributed by atoms with Gasteiger partial charge in [-0.3, -0.25) is 5.10 Å². The van der Waals surface area contributed by atoms with Gasteiger partial charge in [0, 0.05) is 6.42 Å². The summed E-state index contributed by atoms with van der Waals surface area (Å²) in [6, 6.07) is 0. The van der Waals surface area contributed by atoms with Crippen molar-refractivity contribution in [2.45, 2.75) is 24.7 Å². The van der Waals surface area contributed by atoms with Crippen LogP contribution in [0.3, 0.4) is 0 Å². The fourth-order valence-electron chi connectivity index (χ4n) is 2.17. The van der Waals surface area contributed by atoms with Gasteiger partial charge in [0.15, 0.2) is 11.3 Å². The summed E-state index contributed by atoms with van der Waals surface area (Å²) in [6.45, 7) is -0.221. The standard InChI is InChI=1S/C10H13N5O3/c11-10-9-8(12-3-13-10)7(14-15-9)5-1-4(17)6(2-16)18-5/h3-6,16-17H,1-2H2,(H,14,15)(H2,11,12,13)/t4-,5+,6+/m0/s1. The molecule has 18 heavy (non-hydrogen) atoms. The number of hydrogen-bond donors (Lipinski definition) is 4. The molecule has 0 unspecified atom stereocenters. The van der Waals surface area contributed by atoms with E-state index in [4.69, 9.17) is 15.6 Å². The highest BCUT2D eigenvalue weighted by Crippen LogP contribution is 2.34. The first-order chi connectivity index (χ1) is 8.70. The van der Waals surface area contributed by atoms with Crippen molar-refractivity contribution in [1.29, 1.82) is 0 Å². The van der Waals surface area contributed by atoms with Crippen LogP contribution in [0.2, 0.25) is 0 Å². The third-order valence-electron chi connectivity index (χ3n) is 3.12. The number of H-pyrrole nitrogens is 1. The zero-order valence-corrected chi connectivity index (χ0v) is 9.45. The molecular formula is C10H13N5O3. The van der Waals surface area contributed by atoms with Crippen molar-refractivity contribution in [2.75, 3.05) is 12.3 Å². The molecule has 2 aromatic rings. The van der Waals surface area contributed by atoms with E-state index in [1.165, 1.54) is 6.33 Å². The fraction of sp³-hybridized carbons (Fsp3) is 0.500. The van der Waals surface area contributed by atoms with Gasteiger partial charge in [-0.25, -0.2) is 9.97 Å². The fourth-order valence-corrected chi connectivity index (χ4v) is 2.17. The van der Waals surface area contributed by atoms with Crippen molar-refractivity contribution in [3.8, 4) is 0 Å². The predicted octanol–water partition coefficient (Wildman–Crippen LogP) is -0.882. The minimum atomic E-state index is -0.697. The largest absolute Gasteiger partial charge is 0.394 e. The Bertz CT molecular complexity index is 572. The molecule has 1 fully saturated rings. The molecule has 1 aliphatic rings. The van der Waals surface area contributed by atoms with E-state index in [2.05, 4.69) is 20.2 Å². The number of aromatic amines is 1. The van der Waals surface area contributed by atoms with Crippen LogP contribution in [-0.2, 0) is 4.74 Å². The summed E-state index contributed by atoms with van der Waals surface area (Å²) >= 11 is 0. The second-order valence-electron chi connectivity index (χ2n) is 4.24. The molecule has 1 saturated heterocycles. The van der Waals surface area contributed by atoms with Crippen LogP contribution in [-0.4, -0.2) is 49.2 Å². The molecule has 8 nitrogen and oxygen atoms in total. The Morgan fingerprint density at radius 1 is 1.44 bits per heavy atom. The Hall–Kier alpha value is -1.77. The Morgan fingerprint density at radius 3 is 3.00 bits per heavy atom. The maximum Gasteiger partial charge on any atom is 0.155 e. The molecule has 0 radical (unpaired) electrons. The number of nitrogen functional groups attached to an aromatic ring is 1. The molecule has 0 saturated carbocycles. The molecule has 3 rings (SSSR count). The van der Waals surface area contributed by atoms with Gasteiger partial charge < -0.3 is 20.7 Å². The number of aromatic nitrogens is 4. The molecule has 2 aromatic heterocycles. The smallest absolute Gasteiger partial charge is 0.155 e. The minimum Gasteiger partial charge on any atom is -0.394 e. The van der Waals surface area contributed by atoms with Crippen molar-refractivity contribution in [3.63, 3.8) is 0 Å². The van der Waals surface area contributed by atoms with Gasteiger partial charge in [0.1, 0.15) is 24.1 Å². The Balaban J connectivity index is 1.99. The van der Waals surface area contributed by atoms with E-state index in [0.717, 1.165) is 0 Å². The predicted molar refractivity (Wildman–Crippen MR) is 61.4 cm³/mol. The first-order valence-corrected chi connectivity index (χ1v) is 5.59. The van der Waals surface area contributed by atoms with Gasteiger partial charge in [-0.2, -0.15) is 5.10 Å². The highest BCUT2D eigenvalue weighted by Gasteiger charge is 2.36. The number of ether oxygens (including phenoxy) is 1. The van der Waals surface area contributed by atoms with E-state index in [9.17, 15) is 5.11 Å². The van der Waals surface area contributed by atoms with E-state index in [0.29, 0.717) is 29.0 Å². The second-order valence-corrected chi connectivity index (χ2v) is 4.24. The molecule has 8 heteroatoms. The first kappa shape index (κ1) is 11.3. The highest BCUT2D eigenvalue weighted by atomic mass is 16.5. The monoisotopic (exact) mass is 251 g/mol. The van der Waals surface area contributed by atoms with E-state index >= 15 is 0 Å². The zero-order chi connectivity index (χ0) is 12.7. The average Bonchev–Trinajstić information content (AvgIpc) is 2.93. The summed E-state index contributed by atoms with van der Waals surface area (Å²) in [6.07, 6.45) is 0.0828. The SMILES string of the molecule is Nc1ncnc2c([C@H]3C[C@H](O)[C@@H](CO)O3)[nH]nc12. The summed E-state index contributed by atoms with van der Waals surface area (Å²) in [5, 5.41) is 25.6. The summed E-state index contributed by atoms with van der Waals surface area (Å²) in [7, 11) is 0. The molecule has 0 aliphatic carbocycles. The van der Waals surface area contributed by atoms with Crippen LogP contribution < -0.4 is 5.73 Å². The van der Waals surface area contributed by atoms with E-state index in [1.54, 1.807) is 0 Å². The molecule has 0 bridgehead atoms.